The van der Waals surface area contributed by atoms with Crippen molar-refractivity contribution in [2.24, 2.45) is 0 Å². The molecular formula is C12H24OS. The summed E-state index contributed by atoms with van der Waals surface area (Å²) < 4.78 is 0. The fraction of sp³-hybridized carbons (Fsp3) is 0.833. The average molecular weight is 216 g/mol. The van der Waals surface area contributed by atoms with Crippen LogP contribution < -0.4 is 0 Å². The highest BCUT2D eigenvalue weighted by Crippen LogP contribution is 2.10. The van der Waals surface area contributed by atoms with Gasteiger partial charge in [-0.2, -0.15) is 0 Å². The van der Waals surface area contributed by atoms with Gasteiger partial charge in [-0.15, -0.1) is 12.6 Å². The Morgan fingerprint density at radius 3 is 2.00 bits per heavy atom. The summed E-state index contributed by atoms with van der Waals surface area (Å²) in [6, 6.07) is 0. The zero-order valence-corrected chi connectivity index (χ0v) is 10.2. The van der Waals surface area contributed by atoms with Crippen LogP contribution in [-0.2, 0) is 0 Å². The predicted octanol–water partition coefficient (Wildman–Crippen LogP) is 4.85. The quantitative estimate of drug-likeness (QED) is 0.321. The minimum absolute atomic E-state index is 0.160. The lowest BCUT2D eigenvalue weighted by Crippen LogP contribution is -1.80. The molecule has 0 aliphatic heterocycles. The summed E-state index contributed by atoms with van der Waals surface area (Å²) in [6.07, 6.45) is 13.4. The summed E-state index contributed by atoms with van der Waals surface area (Å²) in [7, 11) is 0. The van der Waals surface area contributed by atoms with E-state index in [2.05, 4.69) is 19.6 Å². The van der Waals surface area contributed by atoms with Crippen molar-refractivity contribution in [2.45, 2.75) is 64.7 Å². The molecule has 0 amide bonds. The van der Waals surface area contributed by atoms with Crippen molar-refractivity contribution in [1.29, 1.82) is 0 Å². The summed E-state index contributed by atoms with van der Waals surface area (Å²) in [5.41, 5.74) is 0. The molecule has 0 spiro atoms. The van der Waals surface area contributed by atoms with Crippen LogP contribution in [0.15, 0.2) is 11.2 Å². The van der Waals surface area contributed by atoms with Crippen molar-refractivity contribution in [1.82, 2.24) is 0 Å². The van der Waals surface area contributed by atoms with Gasteiger partial charge in [-0.3, -0.25) is 0 Å². The second-order valence-electron chi connectivity index (χ2n) is 3.83. The van der Waals surface area contributed by atoms with E-state index in [1.807, 2.05) is 0 Å². The van der Waals surface area contributed by atoms with Crippen LogP contribution in [-0.4, -0.2) is 5.11 Å². The first-order valence-electron chi connectivity index (χ1n) is 5.85. The molecule has 0 aliphatic carbocycles. The predicted molar refractivity (Wildman–Crippen MR) is 66.9 cm³/mol. The summed E-state index contributed by atoms with van der Waals surface area (Å²) in [6.45, 7) is 2.25. The lowest BCUT2D eigenvalue weighted by Gasteiger charge is -1.99. The molecule has 2 heteroatoms. The van der Waals surface area contributed by atoms with E-state index in [9.17, 15) is 0 Å². The minimum atomic E-state index is 0.160. The molecule has 0 atom stereocenters. The number of thiol groups is 1. The van der Waals surface area contributed by atoms with Gasteiger partial charge in [-0.25, -0.2) is 0 Å². The van der Waals surface area contributed by atoms with Gasteiger partial charge in [-0.1, -0.05) is 51.9 Å². The van der Waals surface area contributed by atoms with Crippen LogP contribution in [0.2, 0.25) is 0 Å². The monoisotopic (exact) mass is 216 g/mol. The third-order valence-corrected chi connectivity index (χ3v) is 2.57. The lowest BCUT2D eigenvalue weighted by atomic mass is 10.1. The Morgan fingerprint density at radius 1 is 1.00 bits per heavy atom. The summed E-state index contributed by atoms with van der Waals surface area (Å²) in [4.78, 5) is 0. The molecule has 84 valence electrons. The average Bonchev–Trinajstić information content (AvgIpc) is 2.15. The number of aliphatic hydroxyl groups is 1. The fourth-order valence-corrected chi connectivity index (χ4v) is 1.64. The van der Waals surface area contributed by atoms with Gasteiger partial charge in [0.25, 0.3) is 0 Å². The molecule has 0 bridgehead atoms. The molecule has 0 unspecified atom stereocenters. The highest BCUT2D eigenvalue weighted by molar-refractivity contribution is 7.84. The van der Waals surface area contributed by atoms with Gasteiger partial charge in [-0.05, 0) is 18.9 Å². The first-order chi connectivity index (χ1) is 6.77. The van der Waals surface area contributed by atoms with Crippen molar-refractivity contribution in [3.05, 3.63) is 11.2 Å². The molecule has 0 saturated carbocycles. The first kappa shape index (κ1) is 13.9. The Labute approximate surface area is 94.0 Å². The maximum absolute atomic E-state index is 8.78. The Hall–Kier alpha value is -0.110. The lowest BCUT2D eigenvalue weighted by molar-refractivity contribution is 0.454. The molecule has 14 heavy (non-hydrogen) atoms. The number of hydrogen-bond acceptors (Lipinski definition) is 2. The third-order valence-electron chi connectivity index (χ3n) is 2.38. The van der Waals surface area contributed by atoms with Crippen LogP contribution in [0.3, 0.4) is 0 Å². The Bertz CT molecular complexity index is 139. The molecular weight excluding hydrogens is 192 g/mol. The van der Waals surface area contributed by atoms with Crippen LogP contribution >= 0.6 is 12.6 Å². The molecule has 0 saturated heterocycles. The van der Waals surface area contributed by atoms with Crippen LogP contribution in [0.1, 0.15) is 64.7 Å². The van der Waals surface area contributed by atoms with E-state index in [0.717, 1.165) is 6.42 Å². The van der Waals surface area contributed by atoms with E-state index in [-0.39, 0.29) is 5.09 Å². The number of rotatable bonds is 9. The number of aliphatic hydroxyl groups excluding tert-OH is 1. The zero-order valence-electron chi connectivity index (χ0n) is 9.34. The molecule has 0 aromatic carbocycles. The standard InChI is InChI=1S/C12H24OS/c1-2-3-4-5-6-7-8-9-10-11-12(13)14/h11,13-14H,2-10H2,1H3. The maximum atomic E-state index is 8.78. The van der Waals surface area contributed by atoms with E-state index >= 15 is 0 Å². The van der Waals surface area contributed by atoms with E-state index in [1.54, 1.807) is 6.08 Å². The number of unbranched alkanes of at least 4 members (excludes halogenated alkanes) is 8. The number of allylic oxidation sites excluding steroid dienone is 1. The van der Waals surface area contributed by atoms with Gasteiger partial charge in [0, 0.05) is 0 Å². The van der Waals surface area contributed by atoms with E-state index in [0.29, 0.717) is 0 Å². The highest BCUT2D eigenvalue weighted by Gasteiger charge is 1.90. The first-order valence-corrected chi connectivity index (χ1v) is 6.30. The van der Waals surface area contributed by atoms with Crippen molar-refractivity contribution in [3.63, 3.8) is 0 Å². The fourth-order valence-electron chi connectivity index (χ4n) is 1.51. The van der Waals surface area contributed by atoms with Crippen molar-refractivity contribution >= 4 is 12.6 Å². The van der Waals surface area contributed by atoms with Gasteiger partial charge in [0.15, 0.2) is 0 Å². The second kappa shape index (κ2) is 11.0. The molecule has 0 fully saturated rings. The van der Waals surface area contributed by atoms with Gasteiger partial charge < -0.3 is 5.11 Å². The molecule has 0 aliphatic rings. The molecule has 1 N–H and O–H groups in total. The minimum Gasteiger partial charge on any atom is -0.503 e. The normalized spacial score (nSPS) is 12.0. The Balaban J connectivity index is 2.96. The van der Waals surface area contributed by atoms with E-state index < -0.39 is 0 Å². The summed E-state index contributed by atoms with van der Waals surface area (Å²) in [5.74, 6) is 0. The molecule has 0 heterocycles. The summed E-state index contributed by atoms with van der Waals surface area (Å²) >= 11 is 3.80. The molecule has 1 nitrogen and oxygen atoms in total. The zero-order chi connectivity index (χ0) is 10.6. The van der Waals surface area contributed by atoms with Crippen molar-refractivity contribution < 1.29 is 5.11 Å². The number of hydrogen-bond donors (Lipinski definition) is 2. The topological polar surface area (TPSA) is 20.2 Å². The van der Waals surface area contributed by atoms with Crippen LogP contribution in [0.25, 0.3) is 0 Å². The molecule has 0 aromatic heterocycles. The van der Waals surface area contributed by atoms with Crippen molar-refractivity contribution in [3.8, 4) is 0 Å². The largest absolute Gasteiger partial charge is 0.503 e. The van der Waals surface area contributed by atoms with Crippen LogP contribution in [0.4, 0.5) is 0 Å². The van der Waals surface area contributed by atoms with E-state index in [4.69, 9.17) is 5.11 Å². The Morgan fingerprint density at radius 2 is 1.50 bits per heavy atom. The molecule has 0 radical (unpaired) electrons. The van der Waals surface area contributed by atoms with Gasteiger partial charge >= 0.3 is 0 Å². The third kappa shape index (κ3) is 11.9. The van der Waals surface area contributed by atoms with Crippen LogP contribution in [0.5, 0.6) is 0 Å². The Kier molecular flexibility index (Phi) is 10.9. The molecule has 0 rings (SSSR count). The molecule has 0 aromatic rings. The van der Waals surface area contributed by atoms with Crippen molar-refractivity contribution in [2.75, 3.05) is 0 Å². The van der Waals surface area contributed by atoms with Gasteiger partial charge in [0.1, 0.15) is 5.09 Å². The summed E-state index contributed by atoms with van der Waals surface area (Å²) in [5, 5.41) is 8.94. The second-order valence-corrected chi connectivity index (χ2v) is 4.28. The van der Waals surface area contributed by atoms with Gasteiger partial charge in [0.2, 0.25) is 0 Å². The van der Waals surface area contributed by atoms with Crippen LogP contribution in [0, 0.1) is 0 Å². The van der Waals surface area contributed by atoms with Gasteiger partial charge in [0.05, 0.1) is 0 Å². The smallest absolute Gasteiger partial charge is 0.142 e. The maximum Gasteiger partial charge on any atom is 0.142 e. The highest BCUT2D eigenvalue weighted by atomic mass is 32.1. The van der Waals surface area contributed by atoms with E-state index in [1.165, 1.54) is 51.4 Å². The SMILES string of the molecule is CCCCCCCCCCC=C(O)S.